The van der Waals surface area contributed by atoms with Gasteiger partial charge in [-0.1, -0.05) is 35.5 Å². The zero-order chi connectivity index (χ0) is 13.2. The van der Waals surface area contributed by atoms with Crippen LogP contribution in [0.1, 0.15) is 16.1 Å². The van der Waals surface area contributed by atoms with E-state index in [0.29, 0.717) is 17.0 Å². The minimum Gasteiger partial charge on any atom is -0.360 e. The largest absolute Gasteiger partial charge is 0.360 e. The molecule has 0 atom stereocenters. The van der Waals surface area contributed by atoms with Gasteiger partial charge in [-0.25, -0.2) is 4.98 Å². The highest BCUT2D eigenvalue weighted by molar-refractivity contribution is 6.01. The Kier molecular flexibility index (Phi) is 2.72. The van der Waals surface area contributed by atoms with Crippen molar-refractivity contribution in [1.29, 1.82) is 0 Å². The number of carbonyl (C=O) groups is 1. The van der Waals surface area contributed by atoms with Crippen LogP contribution in [-0.2, 0) is 0 Å². The fourth-order valence-corrected chi connectivity index (χ4v) is 1.93. The zero-order valence-corrected chi connectivity index (χ0v) is 10.3. The van der Waals surface area contributed by atoms with Crippen LogP contribution >= 0.6 is 0 Å². The second-order valence-electron chi connectivity index (χ2n) is 4.10. The Hall–Kier alpha value is -2.69. The van der Waals surface area contributed by atoms with Crippen LogP contribution < -0.4 is 0 Å². The molecule has 2 heterocycles. The van der Waals surface area contributed by atoms with Crippen LogP contribution in [0.4, 0.5) is 0 Å². The van der Waals surface area contributed by atoms with Crippen LogP contribution in [0.2, 0.25) is 0 Å². The van der Waals surface area contributed by atoms with Gasteiger partial charge < -0.3 is 4.52 Å². The van der Waals surface area contributed by atoms with E-state index in [1.165, 1.54) is 10.9 Å². The van der Waals surface area contributed by atoms with Crippen molar-refractivity contribution in [2.24, 2.45) is 0 Å². The van der Waals surface area contributed by atoms with Crippen LogP contribution in [-0.4, -0.2) is 20.6 Å². The highest BCUT2D eigenvalue weighted by Gasteiger charge is 2.22. The van der Waals surface area contributed by atoms with Crippen molar-refractivity contribution in [3.63, 3.8) is 0 Å². The van der Waals surface area contributed by atoms with E-state index >= 15 is 0 Å². The van der Waals surface area contributed by atoms with E-state index in [2.05, 4.69) is 10.1 Å². The third kappa shape index (κ3) is 1.95. The molecule has 94 valence electrons. The van der Waals surface area contributed by atoms with Gasteiger partial charge in [-0.15, -0.1) is 0 Å². The SMILES string of the molecule is Cc1onc(-c2ccccc2)c1C(=O)n1ccnc1. The number of benzene rings is 1. The van der Waals surface area contributed by atoms with E-state index in [9.17, 15) is 4.79 Å². The molecule has 0 fully saturated rings. The molecule has 1 aromatic carbocycles. The molecule has 0 amide bonds. The van der Waals surface area contributed by atoms with Crippen molar-refractivity contribution in [2.45, 2.75) is 6.92 Å². The topological polar surface area (TPSA) is 60.9 Å². The van der Waals surface area contributed by atoms with Crippen molar-refractivity contribution in [1.82, 2.24) is 14.7 Å². The Labute approximate surface area is 109 Å². The molecule has 0 saturated carbocycles. The number of aryl methyl sites for hydroxylation is 1. The summed E-state index contributed by atoms with van der Waals surface area (Å²) in [4.78, 5) is 16.3. The lowest BCUT2D eigenvalue weighted by atomic mass is 10.1. The second kappa shape index (κ2) is 4.53. The fourth-order valence-electron chi connectivity index (χ4n) is 1.93. The van der Waals surface area contributed by atoms with Crippen molar-refractivity contribution >= 4 is 5.91 Å². The minimum absolute atomic E-state index is 0.199. The van der Waals surface area contributed by atoms with Crippen molar-refractivity contribution in [3.05, 3.63) is 60.4 Å². The number of imidazole rings is 1. The monoisotopic (exact) mass is 253 g/mol. The average Bonchev–Trinajstić information content (AvgIpc) is 3.08. The lowest BCUT2D eigenvalue weighted by molar-refractivity contribution is 0.0959. The Morgan fingerprint density at radius 3 is 2.74 bits per heavy atom. The highest BCUT2D eigenvalue weighted by Crippen LogP contribution is 2.25. The van der Waals surface area contributed by atoms with Gasteiger partial charge in [-0.3, -0.25) is 9.36 Å². The van der Waals surface area contributed by atoms with Gasteiger partial charge in [0, 0.05) is 18.0 Å². The predicted molar refractivity (Wildman–Crippen MR) is 68.6 cm³/mol. The number of aromatic nitrogens is 3. The number of hydrogen-bond donors (Lipinski definition) is 0. The first kappa shape index (κ1) is 11.4. The first-order valence-corrected chi connectivity index (χ1v) is 5.81. The number of rotatable bonds is 2. The van der Waals surface area contributed by atoms with Crippen LogP contribution in [0.25, 0.3) is 11.3 Å². The molecule has 0 radical (unpaired) electrons. The van der Waals surface area contributed by atoms with Gasteiger partial charge in [0.1, 0.15) is 23.3 Å². The Bertz CT molecular complexity index is 700. The summed E-state index contributed by atoms with van der Waals surface area (Å²) in [5, 5.41) is 3.99. The molecule has 0 spiro atoms. The van der Waals surface area contributed by atoms with Crippen LogP contribution in [0.5, 0.6) is 0 Å². The van der Waals surface area contributed by atoms with E-state index in [1.807, 2.05) is 30.3 Å². The first-order valence-electron chi connectivity index (χ1n) is 5.81. The summed E-state index contributed by atoms with van der Waals surface area (Å²) in [5.74, 6) is 0.299. The van der Waals surface area contributed by atoms with E-state index in [4.69, 9.17) is 4.52 Å². The molecule has 0 unspecified atom stereocenters. The molecule has 0 aliphatic heterocycles. The third-order valence-electron chi connectivity index (χ3n) is 2.86. The molecular formula is C14H11N3O2. The highest BCUT2D eigenvalue weighted by atomic mass is 16.5. The fraction of sp³-hybridized carbons (Fsp3) is 0.0714. The molecule has 0 bridgehead atoms. The van der Waals surface area contributed by atoms with Gasteiger partial charge in [-0.2, -0.15) is 0 Å². The summed E-state index contributed by atoms with van der Waals surface area (Å²) in [6.07, 6.45) is 4.62. The average molecular weight is 253 g/mol. The quantitative estimate of drug-likeness (QED) is 0.704. The van der Waals surface area contributed by atoms with E-state index in [1.54, 1.807) is 19.3 Å². The van der Waals surface area contributed by atoms with E-state index < -0.39 is 0 Å². The van der Waals surface area contributed by atoms with Gasteiger partial charge in [0.2, 0.25) is 0 Å². The molecule has 5 nitrogen and oxygen atoms in total. The number of carbonyl (C=O) groups excluding carboxylic acids is 1. The summed E-state index contributed by atoms with van der Waals surface area (Å²) >= 11 is 0. The summed E-state index contributed by atoms with van der Waals surface area (Å²) < 4.78 is 6.57. The molecule has 3 rings (SSSR count). The maximum absolute atomic E-state index is 12.4. The van der Waals surface area contributed by atoms with Gasteiger partial charge in [0.25, 0.3) is 5.91 Å². The molecule has 5 heteroatoms. The van der Waals surface area contributed by atoms with Gasteiger partial charge in [0.15, 0.2) is 0 Å². The van der Waals surface area contributed by atoms with Crippen LogP contribution in [0.15, 0.2) is 53.6 Å². The van der Waals surface area contributed by atoms with Crippen molar-refractivity contribution in [3.8, 4) is 11.3 Å². The maximum atomic E-state index is 12.4. The van der Waals surface area contributed by atoms with Crippen molar-refractivity contribution in [2.75, 3.05) is 0 Å². The van der Waals surface area contributed by atoms with Gasteiger partial charge in [-0.05, 0) is 6.92 Å². The van der Waals surface area contributed by atoms with Gasteiger partial charge >= 0.3 is 0 Å². The minimum atomic E-state index is -0.199. The Morgan fingerprint density at radius 2 is 2.05 bits per heavy atom. The lowest BCUT2D eigenvalue weighted by Gasteiger charge is -2.02. The Morgan fingerprint density at radius 1 is 1.26 bits per heavy atom. The lowest BCUT2D eigenvalue weighted by Crippen LogP contribution is -2.11. The van der Waals surface area contributed by atoms with E-state index in [-0.39, 0.29) is 5.91 Å². The summed E-state index contributed by atoms with van der Waals surface area (Å²) in [6.45, 7) is 1.73. The maximum Gasteiger partial charge on any atom is 0.269 e. The third-order valence-corrected chi connectivity index (χ3v) is 2.86. The molecule has 0 saturated heterocycles. The number of hydrogen-bond acceptors (Lipinski definition) is 4. The summed E-state index contributed by atoms with van der Waals surface area (Å²) in [5.41, 5.74) is 1.86. The zero-order valence-electron chi connectivity index (χ0n) is 10.3. The molecule has 0 aliphatic rings. The normalized spacial score (nSPS) is 10.6. The second-order valence-corrected chi connectivity index (χ2v) is 4.10. The molecule has 0 aliphatic carbocycles. The molecule has 19 heavy (non-hydrogen) atoms. The molecular weight excluding hydrogens is 242 g/mol. The molecule has 2 aromatic heterocycles. The van der Waals surface area contributed by atoms with Crippen LogP contribution in [0.3, 0.4) is 0 Å². The van der Waals surface area contributed by atoms with Crippen LogP contribution in [0, 0.1) is 6.92 Å². The smallest absolute Gasteiger partial charge is 0.269 e. The number of nitrogens with zero attached hydrogens (tertiary/aromatic N) is 3. The summed E-state index contributed by atoms with van der Waals surface area (Å²) in [6, 6.07) is 9.48. The van der Waals surface area contributed by atoms with Crippen molar-refractivity contribution < 1.29 is 9.32 Å². The first-order chi connectivity index (χ1) is 9.27. The van der Waals surface area contributed by atoms with Gasteiger partial charge in [0.05, 0.1) is 0 Å². The Balaban J connectivity index is 2.12. The summed E-state index contributed by atoms with van der Waals surface area (Å²) in [7, 11) is 0. The molecule has 3 aromatic rings. The standard InChI is InChI=1S/C14H11N3O2/c1-10-12(14(18)17-8-7-15-9-17)13(16-19-10)11-5-3-2-4-6-11/h2-9H,1H3. The molecule has 0 N–H and O–H groups in total. The predicted octanol–water partition coefficient (Wildman–Crippen LogP) is 2.54. The van der Waals surface area contributed by atoms with E-state index in [0.717, 1.165) is 5.56 Å².